The van der Waals surface area contributed by atoms with E-state index in [0.29, 0.717) is 11.3 Å². The Morgan fingerprint density at radius 2 is 2.33 bits per heavy atom. The zero-order chi connectivity index (χ0) is 10.8. The first kappa shape index (κ1) is 11.3. The minimum atomic E-state index is 0.316. The zero-order valence-corrected chi connectivity index (χ0v) is 10.4. The van der Waals surface area contributed by atoms with E-state index >= 15 is 0 Å². The normalized spacial score (nSPS) is 26.1. The van der Waals surface area contributed by atoms with Crippen LogP contribution in [0.2, 0.25) is 5.02 Å². The van der Waals surface area contributed by atoms with Crippen molar-refractivity contribution in [2.24, 2.45) is 0 Å². The fraction of sp³-hybridized carbons (Fsp3) is 0.727. The van der Waals surface area contributed by atoms with Crippen LogP contribution in [0.4, 0.5) is 0 Å². The van der Waals surface area contributed by atoms with Crippen molar-refractivity contribution in [3.63, 3.8) is 0 Å². The van der Waals surface area contributed by atoms with Crippen molar-refractivity contribution in [3.8, 4) is 0 Å². The Morgan fingerprint density at radius 1 is 1.53 bits per heavy atom. The van der Waals surface area contributed by atoms with Crippen molar-refractivity contribution in [2.45, 2.75) is 50.4 Å². The standard InChI is InChI=1S/C11H16Cl2N2/c1-2-5-15-11(10(13)7-14-15)8-3-4-9(12)6-8/h7-9H,2-6H2,1H3. The average Bonchev–Trinajstić information content (AvgIpc) is 2.74. The lowest BCUT2D eigenvalue weighted by atomic mass is 10.0. The van der Waals surface area contributed by atoms with Crippen LogP contribution in [0.25, 0.3) is 0 Å². The highest BCUT2D eigenvalue weighted by Crippen LogP contribution is 2.39. The molecule has 0 radical (unpaired) electrons. The molecule has 0 saturated heterocycles. The molecule has 0 aliphatic heterocycles. The van der Waals surface area contributed by atoms with Gasteiger partial charge in [-0.15, -0.1) is 11.6 Å². The van der Waals surface area contributed by atoms with Gasteiger partial charge in [0.2, 0.25) is 0 Å². The van der Waals surface area contributed by atoms with Gasteiger partial charge in [0, 0.05) is 17.8 Å². The molecule has 4 heteroatoms. The van der Waals surface area contributed by atoms with Crippen LogP contribution in [0.15, 0.2) is 6.20 Å². The van der Waals surface area contributed by atoms with Crippen LogP contribution in [0.3, 0.4) is 0 Å². The topological polar surface area (TPSA) is 17.8 Å². The van der Waals surface area contributed by atoms with Crippen LogP contribution in [0.1, 0.15) is 44.2 Å². The Labute approximate surface area is 101 Å². The van der Waals surface area contributed by atoms with E-state index in [2.05, 4.69) is 12.0 Å². The van der Waals surface area contributed by atoms with Crippen LogP contribution >= 0.6 is 23.2 Å². The molecule has 84 valence electrons. The molecule has 2 atom stereocenters. The number of alkyl halides is 1. The van der Waals surface area contributed by atoms with Gasteiger partial charge < -0.3 is 0 Å². The second-order valence-electron chi connectivity index (χ2n) is 4.21. The van der Waals surface area contributed by atoms with Gasteiger partial charge in [-0.2, -0.15) is 5.10 Å². The lowest BCUT2D eigenvalue weighted by Gasteiger charge is -2.12. The van der Waals surface area contributed by atoms with Crippen LogP contribution in [-0.2, 0) is 6.54 Å². The van der Waals surface area contributed by atoms with Crippen LogP contribution in [0, 0.1) is 0 Å². The molecule has 0 N–H and O–H groups in total. The molecule has 0 aromatic carbocycles. The Morgan fingerprint density at radius 3 is 2.93 bits per heavy atom. The highest BCUT2D eigenvalue weighted by molar-refractivity contribution is 6.31. The van der Waals surface area contributed by atoms with Crippen molar-refractivity contribution < 1.29 is 0 Å². The SMILES string of the molecule is CCCn1ncc(Cl)c1C1CCC(Cl)C1. The van der Waals surface area contributed by atoms with E-state index in [0.717, 1.165) is 37.3 Å². The Bertz CT molecular complexity index is 335. The predicted molar refractivity (Wildman–Crippen MR) is 63.8 cm³/mol. The summed E-state index contributed by atoms with van der Waals surface area (Å²) in [5.74, 6) is 0.508. The van der Waals surface area contributed by atoms with E-state index in [9.17, 15) is 0 Å². The van der Waals surface area contributed by atoms with Crippen molar-refractivity contribution in [1.29, 1.82) is 0 Å². The largest absolute Gasteiger partial charge is 0.268 e. The lowest BCUT2D eigenvalue weighted by Crippen LogP contribution is -2.08. The molecule has 1 aliphatic rings. The number of halogens is 2. The van der Waals surface area contributed by atoms with Crippen LogP contribution in [-0.4, -0.2) is 15.2 Å². The van der Waals surface area contributed by atoms with Crippen molar-refractivity contribution >= 4 is 23.2 Å². The van der Waals surface area contributed by atoms with Gasteiger partial charge >= 0.3 is 0 Å². The van der Waals surface area contributed by atoms with Crippen molar-refractivity contribution in [3.05, 3.63) is 16.9 Å². The Hall–Kier alpha value is -0.210. The molecule has 1 aliphatic carbocycles. The number of hydrogen-bond donors (Lipinski definition) is 0. The van der Waals surface area contributed by atoms with Gasteiger partial charge in [-0.3, -0.25) is 4.68 Å². The molecule has 1 heterocycles. The molecule has 2 nitrogen and oxygen atoms in total. The summed E-state index contributed by atoms with van der Waals surface area (Å²) in [5, 5.41) is 5.44. The third kappa shape index (κ3) is 2.31. The first-order valence-corrected chi connectivity index (χ1v) is 6.39. The van der Waals surface area contributed by atoms with E-state index < -0.39 is 0 Å². The summed E-state index contributed by atoms with van der Waals surface area (Å²) >= 11 is 12.3. The molecule has 1 aromatic rings. The molecule has 0 bridgehead atoms. The second-order valence-corrected chi connectivity index (χ2v) is 5.23. The Kier molecular flexibility index (Phi) is 3.57. The van der Waals surface area contributed by atoms with Gasteiger partial charge in [-0.1, -0.05) is 18.5 Å². The smallest absolute Gasteiger partial charge is 0.0820 e. The van der Waals surface area contributed by atoms with Gasteiger partial charge in [-0.25, -0.2) is 0 Å². The first-order valence-electron chi connectivity index (χ1n) is 5.57. The van der Waals surface area contributed by atoms with E-state index in [4.69, 9.17) is 23.2 Å². The van der Waals surface area contributed by atoms with Crippen LogP contribution in [0.5, 0.6) is 0 Å². The molecular formula is C11H16Cl2N2. The molecular weight excluding hydrogens is 231 g/mol. The maximum Gasteiger partial charge on any atom is 0.0820 e. The average molecular weight is 247 g/mol. The van der Waals surface area contributed by atoms with E-state index in [1.807, 2.05) is 4.68 Å². The number of aromatic nitrogens is 2. The van der Waals surface area contributed by atoms with Gasteiger partial charge in [0.15, 0.2) is 0 Å². The highest BCUT2D eigenvalue weighted by Gasteiger charge is 2.28. The van der Waals surface area contributed by atoms with E-state index in [-0.39, 0.29) is 0 Å². The molecule has 0 spiro atoms. The second kappa shape index (κ2) is 4.75. The molecule has 1 aromatic heterocycles. The predicted octanol–water partition coefficient (Wildman–Crippen LogP) is 3.82. The molecule has 15 heavy (non-hydrogen) atoms. The minimum Gasteiger partial charge on any atom is -0.268 e. The lowest BCUT2D eigenvalue weighted by molar-refractivity contribution is 0.538. The van der Waals surface area contributed by atoms with Crippen molar-refractivity contribution in [2.75, 3.05) is 0 Å². The monoisotopic (exact) mass is 246 g/mol. The van der Waals surface area contributed by atoms with Crippen LogP contribution < -0.4 is 0 Å². The maximum atomic E-state index is 6.18. The van der Waals surface area contributed by atoms with Gasteiger partial charge in [0.25, 0.3) is 0 Å². The summed E-state index contributed by atoms with van der Waals surface area (Å²) in [5.41, 5.74) is 1.20. The highest BCUT2D eigenvalue weighted by atomic mass is 35.5. The summed E-state index contributed by atoms with van der Waals surface area (Å²) in [6.45, 7) is 3.10. The van der Waals surface area contributed by atoms with E-state index in [1.54, 1.807) is 6.20 Å². The minimum absolute atomic E-state index is 0.316. The first-order chi connectivity index (χ1) is 7.22. The van der Waals surface area contributed by atoms with Gasteiger partial charge in [-0.05, 0) is 25.7 Å². The summed E-state index contributed by atoms with van der Waals surface area (Å²) < 4.78 is 2.04. The quantitative estimate of drug-likeness (QED) is 0.742. The number of nitrogens with zero attached hydrogens (tertiary/aromatic N) is 2. The fourth-order valence-corrected chi connectivity index (χ4v) is 2.98. The summed E-state index contributed by atoms with van der Waals surface area (Å²) in [7, 11) is 0. The number of hydrogen-bond acceptors (Lipinski definition) is 1. The van der Waals surface area contributed by atoms with Gasteiger partial charge in [0.1, 0.15) is 0 Å². The summed E-state index contributed by atoms with van der Waals surface area (Å²) in [4.78, 5) is 0. The third-order valence-electron chi connectivity index (χ3n) is 3.02. The summed E-state index contributed by atoms with van der Waals surface area (Å²) in [6, 6.07) is 0. The number of aryl methyl sites for hydroxylation is 1. The molecule has 1 saturated carbocycles. The number of rotatable bonds is 3. The zero-order valence-electron chi connectivity index (χ0n) is 8.92. The van der Waals surface area contributed by atoms with Crippen molar-refractivity contribution in [1.82, 2.24) is 9.78 Å². The maximum absolute atomic E-state index is 6.18. The third-order valence-corrected chi connectivity index (χ3v) is 3.71. The molecule has 2 rings (SSSR count). The molecule has 2 unspecified atom stereocenters. The van der Waals surface area contributed by atoms with Gasteiger partial charge in [0.05, 0.1) is 16.9 Å². The van der Waals surface area contributed by atoms with E-state index in [1.165, 1.54) is 5.69 Å². The fourth-order valence-electron chi connectivity index (χ4n) is 2.34. The molecule has 0 amide bonds. The molecule has 1 fully saturated rings. The summed E-state index contributed by atoms with van der Waals surface area (Å²) in [6.07, 6.45) is 6.12. The Balaban J connectivity index is 2.21.